The lowest BCUT2D eigenvalue weighted by molar-refractivity contribution is 0.593. The van der Waals surface area contributed by atoms with Gasteiger partial charge in [0.1, 0.15) is 0 Å². The van der Waals surface area contributed by atoms with Gasteiger partial charge in [-0.2, -0.15) is 0 Å². The Kier molecular flexibility index (Phi) is 2.56. The van der Waals surface area contributed by atoms with Gasteiger partial charge in [-0.15, -0.1) is 0 Å². The molecule has 0 aromatic carbocycles. The number of rotatable bonds is 2. The summed E-state index contributed by atoms with van der Waals surface area (Å²) in [4.78, 5) is 3.77. The molecule has 0 saturated heterocycles. The van der Waals surface area contributed by atoms with E-state index in [9.17, 15) is 8.42 Å². The summed E-state index contributed by atoms with van der Waals surface area (Å²) in [6.45, 7) is 3.34. The highest BCUT2D eigenvalue weighted by molar-refractivity contribution is 7.91. The van der Waals surface area contributed by atoms with Gasteiger partial charge in [0.05, 0.1) is 17.6 Å². The Balaban J connectivity index is 3.27. The first-order chi connectivity index (χ1) is 5.97. The van der Waals surface area contributed by atoms with Crippen LogP contribution in [0.1, 0.15) is 12.5 Å². The molecule has 4 nitrogen and oxygen atoms in total. The molecule has 1 rings (SSSR count). The van der Waals surface area contributed by atoms with Gasteiger partial charge in [-0.05, 0) is 18.6 Å². The summed E-state index contributed by atoms with van der Waals surface area (Å²) in [5.74, 6) is 0.0589. The summed E-state index contributed by atoms with van der Waals surface area (Å²) >= 11 is 0. The molecule has 0 atom stereocenters. The lowest BCUT2D eigenvalue weighted by Crippen LogP contribution is -2.07. The van der Waals surface area contributed by atoms with Crippen molar-refractivity contribution in [3.05, 3.63) is 17.8 Å². The molecule has 0 bridgehead atoms. The van der Waals surface area contributed by atoms with Crippen molar-refractivity contribution in [2.45, 2.75) is 18.9 Å². The van der Waals surface area contributed by atoms with E-state index in [1.165, 1.54) is 12.3 Å². The van der Waals surface area contributed by atoms with Crippen molar-refractivity contribution in [2.24, 2.45) is 0 Å². The topological polar surface area (TPSA) is 73.0 Å². The average Bonchev–Trinajstić information content (AvgIpc) is 2.09. The molecular formula is C8H12N2O2S. The van der Waals surface area contributed by atoms with Crippen LogP contribution in [0.15, 0.2) is 17.3 Å². The predicted octanol–water partition coefficient (Wildman–Crippen LogP) is 0.766. The van der Waals surface area contributed by atoms with Crippen LogP contribution in [0.4, 0.5) is 5.69 Å². The van der Waals surface area contributed by atoms with E-state index in [1.54, 1.807) is 13.8 Å². The summed E-state index contributed by atoms with van der Waals surface area (Å²) in [7, 11) is -3.20. The maximum Gasteiger partial charge on any atom is 0.195 e. The van der Waals surface area contributed by atoms with Crippen molar-refractivity contribution in [1.29, 1.82) is 0 Å². The smallest absolute Gasteiger partial charge is 0.195 e. The Hall–Kier alpha value is -1.10. The van der Waals surface area contributed by atoms with Crippen LogP contribution < -0.4 is 5.73 Å². The molecule has 1 heterocycles. The summed E-state index contributed by atoms with van der Waals surface area (Å²) < 4.78 is 22.7. The van der Waals surface area contributed by atoms with Crippen LogP contribution in [-0.4, -0.2) is 19.2 Å². The fourth-order valence-electron chi connectivity index (χ4n) is 0.859. The van der Waals surface area contributed by atoms with E-state index in [0.29, 0.717) is 5.69 Å². The summed E-state index contributed by atoms with van der Waals surface area (Å²) in [5, 5.41) is 0.0988. The molecule has 0 aliphatic rings. The zero-order chi connectivity index (χ0) is 10.1. The first kappa shape index (κ1) is 9.98. The fourth-order valence-corrected chi connectivity index (χ4v) is 1.72. The quantitative estimate of drug-likeness (QED) is 0.765. The third kappa shape index (κ3) is 1.98. The highest BCUT2D eigenvalue weighted by atomic mass is 32.2. The lowest BCUT2D eigenvalue weighted by atomic mass is 10.3. The van der Waals surface area contributed by atoms with Gasteiger partial charge in [0.25, 0.3) is 0 Å². The van der Waals surface area contributed by atoms with Gasteiger partial charge in [0, 0.05) is 0 Å². The Labute approximate surface area is 77.7 Å². The Morgan fingerprint density at radius 2 is 2.15 bits per heavy atom. The number of sulfone groups is 1. The minimum absolute atomic E-state index is 0.0589. The minimum Gasteiger partial charge on any atom is -0.397 e. The number of nitrogen functional groups attached to an aromatic ring is 1. The van der Waals surface area contributed by atoms with Crippen LogP contribution in [0, 0.1) is 6.92 Å². The second-order valence-electron chi connectivity index (χ2n) is 2.78. The van der Waals surface area contributed by atoms with E-state index in [-0.39, 0.29) is 10.8 Å². The van der Waals surface area contributed by atoms with Crippen molar-refractivity contribution in [3.63, 3.8) is 0 Å². The molecule has 2 N–H and O–H groups in total. The first-order valence-electron chi connectivity index (χ1n) is 3.92. The van der Waals surface area contributed by atoms with Crippen LogP contribution in [-0.2, 0) is 9.84 Å². The van der Waals surface area contributed by atoms with Gasteiger partial charge in [0.15, 0.2) is 14.9 Å². The molecule has 0 fully saturated rings. The molecule has 0 saturated carbocycles. The standard InChI is InChI=1S/C8H12N2O2S/c1-3-13(11,12)8-4-6(2)7(9)5-10-8/h4-5H,3,9H2,1-2H3. The number of aromatic nitrogens is 1. The number of hydrogen-bond acceptors (Lipinski definition) is 4. The first-order valence-corrected chi connectivity index (χ1v) is 5.57. The molecule has 1 aromatic heterocycles. The van der Waals surface area contributed by atoms with Crippen molar-refractivity contribution < 1.29 is 8.42 Å². The summed E-state index contributed by atoms with van der Waals surface area (Å²) in [6, 6.07) is 1.49. The third-order valence-corrected chi connectivity index (χ3v) is 3.45. The Morgan fingerprint density at radius 1 is 1.54 bits per heavy atom. The van der Waals surface area contributed by atoms with Crippen LogP contribution in [0.5, 0.6) is 0 Å². The highest BCUT2D eigenvalue weighted by Crippen LogP contribution is 2.14. The molecule has 0 spiro atoms. The normalized spacial score (nSPS) is 11.5. The zero-order valence-electron chi connectivity index (χ0n) is 7.61. The zero-order valence-corrected chi connectivity index (χ0v) is 8.43. The van der Waals surface area contributed by atoms with Gasteiger partial charge in [0.2, 0.25) is 0 Å². The van der Waals surface area contributed by atoms with Crippen molar-refractivity contribution in [3.8, 4) is 0 Å². The van der Waals surface area contributed by atoms with E-state index >= 15 is 0 Å². The van der Waals surface area contributed by atoms with Crippen LogP contribution >= 0.6 is 0 Å². The number of pyridine rings is 1. The molecule has 13 heavy (non-hydrogen) atoms. The molecule has 0 unspecified atom stereocenters. The van der Waals surface area contributed by atoms with Crippen molar-refractivity contribution in [2.75, 3.05) is 11.5 Å². The van der Waals surface area contributed by atoms with Gasteiger partial charge < -0.3 is 5.73 Å². The maximum absolute atomic E-state index is 11.4. The molecule has 5 heteroatoms. The third-order valence-electron chi connectivity index (χ3n) is 1.82. The monoisotopic (exact) mass is 200 g/mol. The lowest BCUT2D eigenvalue weighted by Gasteiger charge is -2.03. The molecule has 1 aromatic rings. The predicted molar refractivity (Wildman–Crippen MR) is 51.1 cm³/mol. The van der Waals surface area contributed by atoms with Gasteiger partial charge in [-0.25, -0.2) is 13.4 Å². The van der Waals surface area contributed by atoms with Gasteiger partial charge in [-0.1, -0.05) is 6.92 Å². The van der Waals surface area contributed by atoms with E-state index in [4.69, 9.17) is 5.73 Å². The summed E-state index contributed by atoms with van der Waals surface area (Å²) in [6.07, 6.45) is 1.37. The van der Waals surface area contributed by atoms with Gasteiger partial charge >= 0.3 is 0 Å². The van der Waals surface area contributed by atoms with E-state index in [1.807, 2.05) is 0 Å². The SMILES string of the molecule is CCS(=O)(=O)c1cc(C)c(N)cn1. The van der Waals surface area contributed by atoms with E-state index in [2.05, 4.69) is 4.98 Å². The number of hydrogen-bond donors (Lipinski definition) is 1. The number of anilines is 1. The van der Waals surface area contributed by atoms with Crippen LogP contribution in [0.3, 0.4) is 0 Å². The Bertz CT molecular complexity index is 412. The van der Waals surface area contributed by atoms with Gasteiger partial charge in [-0.3, -0.25) is 0 Å². The maximum atomic E-state index is 11.4. The second-order valence-corrected chi connectivity index (χ2v) is 5.01. The summed E-state index contributed by atoms with van der Waals surface area (Å²) in [5.41, 5.74) is 6.76. The van der Waals surface area contributed by atoms with Crippen LogP contribution in [0.25, 0.3) is 0 Å². The number of aryl methyl sites for hydroxylation is 1. The highest BCUT2D eigenvalue weighted by Gasteiger charge is 2.13. The molecular weight excluding hydrogens is 188 g/mol. The molecule has 0 amide bonds. The van der Waals surface area contributed by atoms with E-state index < -0.39 is 9.84 Å². The van der Waals surface area contributed by atoms with Crippen LogP contribution in [0.2, 0.25) is 0 Å². The van der Waals surface area contributed by atoms with E-state index in [0.717, 1.165) is 5.56 Å². The molecule has 0 radical (unpaired) electrons. The molecule has 0 aliphatic carbocycles. The molecule has 0 aliphatic heterocycles. The fraction of sp³-hybridized carbons (Fsp3) is 0.375. The largest absolute Gasteiger partial charge is 0.397 e. The molecule has 72 valence electrons. The number of nitrogens with zero attached hydrogens (tertiary/aromatic N) is 1. The van der Waals surface area contributed by atoms with Crippen molar-refractivity contribution in [1.82, 2.24) is 4.98 Å². The Morgan fingerprint density at radius 3 is 2.62 bits per heavy atom. The van der Waals surface area contributed by atoms with Crippen molar-refractivity contribution >= 4 is 15.5 Å². The average molecular weight is 200 g/mol. The second kappa shape index (κ2) is 3.33. The minimum atomic E-state index is -3.20. The number of nitrogens with two attached hydrogens (primary N) is 1.